The fourth-order valence-electron chi connectivity index (χ4n) is 2.42. The van der Waals surface area contributed by atoms with Gasteiger partial charge in [-0.05, 0) is 46.1 Å². The summed E-state index contributed by atoms with van der Waals surface area (Å²) in [7, 11) is 0. The van der Waals surface area contributed by atoms with Gasteiger partial charge in [-0.2, -0.15) is 0 Å². The molecule has 16 heavy (non-hydrogen) atoms. The van der Waals surface area contributed by atoms with Crippen LogP contribution >= 0.6 is 0 Å². The maximum atomic E-state index is 5.53. The Bertz CT molecular complexity index is 204. The van der Waals surface area contributed by atoms with Crippen molar-refractivity contribution in [1.82, 2.24) is 10.2 Å². The first-order chi connectivity index (χ1) is 7.75. The molecule has 1 aliphatic heterocycles. The molecule has 94 valence electrons. The monoisotopic (exact) mass is 226 g/mol. The van der Waals surface area contributed by atoms with E-state index in [1.54, 1.807) is 0 Å². The molecule has 1 N–H and O–H groups in total. The SMILES string of the molecule is CC(C)OCCCNC1CCN(C2CC2)C1. The molecule has 2 fully saturated rings. The molecule has 0 radical (unpaired) electrons. The summed E-state index contributed by atoms with van der Waals surface area (Å²) in [5, 5.41) is 3.65. The van der Waals surface area contributed by atoms with Gasteiger partial charge in [0.1, 0.15) is 0 Å². The highest BCUT2D eigenvalue weighted by Crippen LogP contribution is 2.29. The highest BCUT2D eigenvalue weighted by molar-refractivity contribution is 4.91. The lowest BCUT2D eigenvalue weighted by molar-refractivity contribution is 0.0767. The predicted molar refractivity (Wildman–Crippen MR) is 66.7 cm³/mol. The number of rotatable bonds is 7. The van der Waals surface area contributed by atoms with Gasteiger partial charge in [0.2, 0.25) is 0 Å². The maximum Gasteiger partial charge on any atom is 0.0518 e. The second kappa shape index (κ2) is 5.99. The third-order valence-electron chi connectivity index (χ3n) is 3.49. The number of hydrogen-bond acceptors (Lipinski definition) is 3. The lowest BCUT2D eigenvalue weighted by Crippen LogP contribution is -2.34. The van der Waals surface area contributed by atoms with Gasteiger partial charge in [-0.15, -0.1) is 0 Å². The summed E-state index contributed by atoms with van der Waals surface area (Å²) in [4.78, 5) is 2.66. The third kappa shape index (κ3) is 4.04. The molecule has 1 aliphatic carbocycles. The minimum absolute atomic E-state index is 0.372. The zero-order valence-electron chi connectivity index (χ0n) is 10.7. The summed E-state index contributed by atoms with van der Waals surface area (Å²) < 4.78 is 5.53. The van der Waals surface area contributed by atoms with Gasteiger partial charge >= 0.3 is 0 Å². The van der Waals surface area contributed by atoms with Crippen molar-refractivity contribution in [2.75, 3.05) is 26.2 Å². The standard InChI is InChI=1S/C13H26N2O/c1-11(2)16-9-3-7-14-12-6-8-15(10-12)13-4-5-13/h11-14H,3-10H2,1-2H3. The fraction of sp³-hybridized carbons (Fsp3) is 1.00. The van der Waals surface area contributed by atoms with Gasteiger partial charge in [0, 0.05) is 31.8 Å². The number of ether oxygens (including phenoxy) is 1. The molecule has 0 spiro atoms. The van der Waals surface area contributed by atoms with E-state index in [0.29, 0.717) is 6.10 Å². The number of likely N-dealkylation sites (tertiary alicyclic amines) is 1. The van der Waals surface area contributed by atoms with Crippen molar-refractivity contribution in [3.8, 4) is 0 Å². The van der Waals surface area contributed by atoms with E-state index in [4.69, 9.17) is 4.74 Å². The van der Waals surface area contributed by atoms with Crippen molar-refractivity contribution in [3.63, 3.8) is 0 Å². The number of nitrogens with one attached hydrogen (secondary N) is 1. The third-order valence-corrected chi connectivity index (χ3v) is 3.49. The Morgan fingerprint density at radius 3 is 2.81 bits per heavy atom. The smallest absolute Gasteiger partial charge is 0.0518 e. The molecule has 0 aromatic heterocycles. The van der Waals surface area contributed by atoms with Gasteiger partial charge in [-0.25, -0.2) is 0 Å². The lowest BCUT2D eigenvalue weighted by atomic mass is 10.2. The van der Waals surface area contributed by atoms with Crippen molar-refractivity contribution < 1.29 is 4.74 Å². The van der Waals surface area contributed by atoms with E-state index in [1.165, 1.54) is 32.4 Å². The molecule has 1 atom stereocenters. The number of nitrogens with zero attached hydrogens (tertiary/aromatic N) is 1. The van der Waals surface area contributed by atoms with E-state index >= 15 is 0 Å². The highest BCUT2D eigenvalue weighted by Gasteiger charge is 2.33. The van der Waals surface area contributed by atoms with Gasteiger partial charge in [-0.3, -0.25) is 4.90 Å². The Labute approximate surface area is 99.5 Å². The first-order valence-electron chi connectivity index (χ1n) is 6.84. The van der Waals surface area contributed by atoms with Crippen LogP contribution in [0.3, 0.4) is 0 Å². The van der Waals surface area contributed by atoms with E-state index in [0.717, 1.165) is 31.7 Å². The molecule has 2 rings (SSSR count). The Hall–Kier alpha value is -0.120. The van der Waals surface area contributed by atoms with E-state index in [9.17, 15) is 0 Å². The Morgan fingerprint density at radius 2 is 2.12 bits per heavy atom. The molecule has 1 unspecified atom stereocenters. The van der Waals surface area contributed by atoms with Crippen LogP contribution in [-0.4, -0.2) is 49.3 Å². The molecule has 0 bridgehead atoms. The van der Waals surface area contributed by atoms with E-state index in [2.05, 4.69) is 24.1 Å². The number of hydrogen-bond donors (Lipinski definition) is 1. The van der Waals surface area contributed by atoms with Crippen molar-refractivity contribution in [2.45, 2.75) is 57.7 Å². The minimum Gasteiger partial charge on any atom is -0.379 e. The molecule has 0 aromatic carbocycles. The molecule has 1 saturated carbocycles. The lowest BCUT2D eigenvalue weighted by Gasteiger charge is -2.16. The van der Waals surface area contributed by atoms with Gasteiger partial charge in [0.05, 0.1) is 6.10 Å². The van der Waals surface area contributed by atoms with Crippen molar-refractivity contribution in [1.29, 1.82) is 0 Å². The average molecular weight is 226 g/mol. The summed E-state index contributed by atoms with van der Waals surface area (Å²) >= 11 is 0. The molecule has 2 aliphatic rings. The molecule has 1 heterocycles. The average Bonchev–Trinajstić information content (AvgIpc) is 2.99. The van der Waals surface area contributed by atoms with Gasteiger partial charge in [-0.1, -0.05) is 0 Å². The van der Waals surface area contributed by atoms with E-state index in [1.807, 2.05) is 0 Å². The Morgan fingerprint density at radius 1 is 1.31 bits per heavy atom. The summed E-state index contributed by atoms with van der Waals surface area (Å²) in [6, 6.07) is 1.68. The molecule has 0 aromatic rings. The zero-order valence-corrected chi connectivity index (χ0v) is 10.7. The van der Waals surface area contributed by atoms with Crippen LogP contribution < -0.4 is 5.32 Å². The van der Waals surface area contributed by atoms with Crippen LogP contribution in [0.2, 0.25) is 0 Å². The Balaban J connectivity index is 1.47. The highest BCUT2D eigenvalue weighted by atomic mass is 16.5. The minimum atomic E-state index is 0.372. The molecular weight excluding hydrogens is 200 g/mol. The molecule has 1 saturated heterocycles. The van der Waals surface area contributed by atoms with Crippen molar-refractivity contribution in [3.05, 3.63) is 0 Å². The van der Waals surface area contributed by atoms with Gasteiger partial charge in [0.15, 0.2) is 0 Å². The van der Waals surface area contributed by atoms with Crippen LogP contribution in [0.4, 0.5) is 0 Å². The van der Waals surface area contributed by atoms with Crippen LogP contribution in [0.5, 0.6) is 0 Å². The predicted octanol–water partition coefficient (Wildman–Crippen LogP) is 1.63. The van der Waals surface area contributed by atoms with Crippen molar-refractivity contribution in [2.24, 2.45) is 0 Å². The largest absolute Gasteiger partial charge is 0.379 e. The first kappa shape index (κ1) is 12.3. The van der Waals surface area contributed by atoms with Crippen LogP contribution in [-0.2, 0) is 4.74 Å². The quantitative estimate of drug-likeness (QED) is 0.668. The summed E-state index contributed by atoms with van der Waals surface area (Å²) in [6.45, 7) is 8.77. The Kier molecular flexibility index (Phi) is 4.62. The molecular formula is C13H26N2O. The second-order valence-corrected chi connectivity index (χ2v) is 5.44. The molecule has 0 amide bonds. The van der Waals surface area contributed by atoms with E-state index in [-0.39, 0.29) is 0 Å². The normalized spacial score (nSPS) is 26.8. The fourth-order valence-corrected chi connectivity index (χ4v) is 2.42. The van der Waals surface area contributed by atoms with Crippen LogP contribution in [0.1, 0.15) is 39.5 Å². The summed E-state index contributed by atoms with van der Waals surface area (Å²) in [6.07, 6.45) is 5.72. The summed E-state index contributed by atoms with van der Waals surface area (Å²) in [5.41, 5.74) is 0. The molecule has 3 heteroatoms. The topological polar surface area (TPSA) is 24.5 Å². The summed E-state index contributed by atoms with van der Waals surface area (Å²) in [5.74, 6) is 0. The first-order valence-corrected chi connectivity index (χ1v) is 6.84. The second-order valence-electron chi connectivity index (χ2n) is 5.44. The van der Waals surface area contributed by atoms with Crippen LogP contribution in [0, 0.1) is 0 Å². The van der Waals surface area contributed by atoms with Crippen LogP contribution in [0.15, 0.2) is 0 Å². The van der Waals surface area contributed by atoms with Crippen LogP contribution in [0.25, 0.3) is 0 Å². The maximum absolute atomic E-state index is 5.53. The zero-order chi connectivity index (χ0) is 11.4. The molecule has 3 nitrogen and oxygen atoms in total. The van der Waals surface area contributed by atoms with E-state index < -0.39 is 0 Å². The van der Waals surface area contributed by atoms with Crippen molar-refractivity contribution >= 4 is 0 Å². The van der Waals surface area contributed by atoms with Gasteiger partial charge < -0.3 is 10.1 Å². The van der Waals surface area contributed by atoms with Gasteiger partial charge in [0.25, 0.3) is 0 Å².